The van der Waals surface area contributed by atoms with E-state index in [0.717, 1.165) is 25.9 Å². The maximum Gasteiger partial charge on any atom is 0.313 e. The molecule has 104 valence electrons. The van der Waals surface area contributed by atoms with Gasteiger partial charge in [-0.1, -0.05) is 26.7 Å². The summed E-state index contributed by atoms with van der Waals surface area (Å²) in [5.41, 5.74) is 0.422. The van der Waals surface area contributed by atoms with Gasteiger partial charge < -0.3 is 10.0 Å². The highest BCUT2D eigenvalue weighted by Gasteiger charge is 2.32. The average Bonchev–Trinajstić information content (AvgIpc) is 2.38. The second-order valence-electron chi connectivity index (χ2n) is 4.97. The number of hydrogen-bond acceptors (Lipinski definition) is 3. The van der Waals surface area contributed by atoms with E-state index in [4.69, 9.17) is 5.11 Å². The second-order valence-corrected chi connectivity index (χ2v) is 5.96. The first-order valence-corrected chi connectivity index (χ1v) is 7.76. The number of amides is 1. The minimum absolute atomic E-state index is 0.00738. The highest BCUT2D eigenvalue weighted by atomic mass is 32.2. The van der Waals surface area contributed by atoms with Crippen molar-refractivity contribution in [3.8, 4) is 0 Å². The van der Waals surface area contributed by atoms with Crippen LogP contribution in [-0.4, -0.2) is 46.5 Å². The molecule has 1 heterocycles. The molecule has 1 saturated heterocycles. The highest BCUT2D eigenvalue weighted by Crippen LogP contribution is 2.37. The molecule has 1 amide bonds. The van der Waals surface area contributed by atoms with Crippen LogP contribution < -0.4 is 0 Å². The summed E-state index contributed by atoms with van der Waals surface area (Å²) in [6.45, 7) is 6.11. The van der Waals surface area contributed by atoms with Crippen LogP contribution in [0.15, 0.2) is 0 Å². The molecule has 0 unspecified atom stereocenters. The molecule has 0 aromatic heterocycles. The third kappa shape index (κ3) is 4.19. The van der Waals surface area contributed by atoms with Gasteiger partial charge in [0.1, 0.15) is 0 Å². The summed E-state index contributed by atoms with van der Waals surface area (Å²) >= 11 is 1.18. The van der Waals surface area contributed by atoms with Gasteiger partial charge in [0.15, 0.2) is 0 Å². The number of rotatable bonds is 6. The quantitative estimate of drug-likeness (QED) is 0.806. The van der Waals surface area contributed by atoms with Crippen molar-refractivity contribution < 1.29 is 14.7 Å². The molecule has 0 atom stereocenters. The molecule has 0 bridgehead atoms. The predicted molar refractivity (Wildman–Crippen MR) is 73.8 cm³/mol. The first-order chi connectivity index (χ1) is 8.53. The van der Waals surface area contributed by atoms with Crippen LogP contribution in [0.1, 0.15) is 39.5 Å². The molecule has 1 aliphatic heterocycles. The zero-order valence-electron chi connectivity index (χ0n) is 11.3. The Balaban J connectivity index is 2.33. The zero-order chi connectivity index (χ0) is 13.6. The van der Waals surface area contributed by atoms with E-state index < -0.39 is 5.97 Å². The van der Waals surface area contributed by atoms with Gasteiger partial charge in [-0.15, -0.1) is 11.8 Å². The van der Waals surface area contributed by atoms with Crippen molar-refractivity contribution in [2.45, 2.75) is 39.5 Å². The summed E-state index contributed by atoms with van der Waals surface area (Å²) in [6.07, 6.45) is 4.52. The van der Waals surface area contributed by atoms with E-state index >= 15 is 0 Å². The molecule has 0 radical (unpaired) electrons. The minimum Gasteiger partial charge on any atom is -0.481 e. The maximum atomic E-state index is 11.9. The Labute approximate surface area is 113 Å². The molecule has 1 rings (SSSR count). The Bertz CT molecular complexity index is 293. The van der Waals surface area contributed by atoms with Crippen molar-refractivity contribution in [1.82, 2.24) is 4.90 Å². The SMILES string of the molecule is CCC1(CC)CCN(C(=O)CSCC(=O)O)CC1. The highest BCUT2D eigenvalue weighted by molar-refractivity contribution is 8.00. The molecule has 0 saturated carbocycles. The summed E-state index contributed by atoms with van der Waals surface area (Å²) in [5, 5.41) is 8.52. The number of aliphatic carboxylic acids is 1. The van der Waals surface area contributed by atoms with Gasteiger partial charge in [0.05, 0.1) is 11.5 Å². The van der Waals surface area contributed by atoms with Crippen molar-refractivity contribution >= 4 is 23.6 Å². The number of piperidine rings is 1. The monoisotopic (exact) mass is 273 g/mol. The summed E-state index contributed by atoms with van der Waals surface area (Å²) in [4.78, 5) is 24.1. The van der Waals surface area contributed by atoms with Gasteiger partial charge in [-0.25, -0.2) is 0 Å². The molecule has 0 aliphatic carbocycles. The lowest BCUT2D eigenvalue weighted by Crippen LogP contribution is -2.43. The summed E-state index contributed by atoms with van der Waals surface area (Å²) in [5.74, 6) is -0.477. The van der Waals surface area contributed by atoms with E-state index in [1.54, 1.807) is 0 Å². The number of carbonyl (C=O) groups is 2. The lowest BCUT2D eigenvalue weighted by atomic mass is 9.74. The van der Waals surface area contributed by atoms with Gasteiger partial charge in [0, 0.05) is 13.1 Å². The van der Waals surface area contributed by atoms with Crippen LogP contribution in [0, 0.1) is 5.41 Å². The van der Waals surface area contributed by atoms with Gasteiger partial charge in [-0.3, -0.25) is 9.59 Å². The third-order valence-electron chi connectivity index (χ3n) is 4.13. The Morgan fingerprint density at radius 2 is 1.72 bits per heavy atom. The van der Waals surface area contributed by atoms with Crippen LogP contribution in [-0.2, 0) is 9.59 Å². The van der Waals surface area contributed by atoms with Gasteiger partial charge in [0.25, 0.3) is 0 Å². The number of thioether (sulfide) groups is 1. The third-order valence-corrected chi connectivity index (χ3v) is 5.03. The second kappa shape index (κ2) is 7.02. The van der Waals surface area contributed by atoms with E-state index in [9.17, 15) is 9.59 Å². The number of nitrogens with zero attached hydrogens (tertiary/aromatic N) is 1. The van der Waals surface area contributed by atoms with Crippen LogP contribution in [0.5, 0.6) is 0 Å². The zero-order valence-corrected chi connectivity index (χ0v) is 12.1. The van der Waals surface area contributed by atoms with E-state index in [2.05, 4.69) is 13.8 Å². The Morgan fingerprint density at radius 1 is 1.17 bits per heavy atom. The lowest BCUT2D eigenvalue weighted by Gasteiger charge is -2.41. The van der Waals surface area contributed by atoms with Crippen LogP contribution in [0.25, 0.3) is 0 Å². The fraction of sp³-hybridized carbons (Fsp3) is 0.846. The van der Waals surface area contributed by atoms with Crippen molar-refractivity contribution in [3.05, 3.63) is 0 Å². The van der Waals surface area contributed by atoms with Crippen LogP contribution in [0.3, 0.4) is 0 Å². The molecule has 0 aromatic carbocycles. The topological polar surface area (TPSA) is 57.6 Å². The van der Waals surface area contributed by atoms with Gasteiger partial charge in [-0.05, 0) is 18.3 Å². The number of carboxylic acid groups (broad SMARTS) is 1. The minimum atomic E-state index is -0.859. The number of carboxylic acids is 1. The molecule has 0 spiro atoms. The first-order valence-electron chi connectivity index (χ1n) is 6.60. The molecule has 1 aliphatic rings. The van der Waals surface area contributed by atoms with E-state index in [1.807, 2.05) is 4.90 Å². The van der Waals surface area contributed by atoms with Crippen LogP contribution >= 0.6 is 11.8 Å². The van der Waals surface area contributed by atoms with E-state index in [0.29, 0.717) is 5.41 Å². The fourth-order valence-electron chi connectivity index (χ4n) is 2.50. The summed E-state index contributed by atoms with van der Waals surface area (Å²) < 4.78 is 0. The fourth-order valence-corrected chi connectivity index (χ4v) is 3.14. The van der Waals surface area contributed by atoms with Gasteiger partial charge in [0.2, 0.25) is 5.91 Å². The van der Waals surface area contributed by atoms with Gasteiger partial charge >= 0.3 is 5.97 Å². The number of carbonyl (C=O) groups excluding carboxylic acids is 1. The normalized spacial score (nSPS) is 18.7. The van der Waals surface area contributed by atoms with Crippen molar-refractivity contribution in [1.29, 1.82) is 0 Å². The molecular formula is C13H23NO3S. The molecule has 18 heavy (non-hydrogen) atoms. The summed E-state index contributed by atoms with van der Waals surface area (Å²) in [6, 6.07) is 0. The van der Waals surface area contributed by atoms with E-state index in [1.165, 1.54) is 24.6 Å². The molecule has 1 N–H and O–H groups in total. The standard InChI is InChI=1S/C13H23NO3S/c1-3-13(4-2)5-7-14(8-6-13)11(15)9-18-10-12(16)17/h3-10H2,1-2H3,(H,16,17). The van der Waals surface area contributed by atoms with Crippen LogP contribution in [0.4, 0.5) is 0 Å². The van der Waals surface area contributed by atoms with Crippen molar-refractivity contribution in [2.24, 2.45) is 5.41 Å². The Kier molecular flexibility index (Phi) is 5.99. The van der Waals surface area contributed by atoms with Crippen molar-refractivity contribution in [2.75, 3.05) is 24.6 Å². The van der Waals surface area contributed by atoms with Gasteiger partial charge in [-0.2, -0.15) is 0 Å². The largest absolute Gasteiger partial charge is 0.481 e. The first kappa shape index (κ1) is 15.3. The Morgan fingerprint density at radius 3 is 2.17 bits per heavy atom. The van der Waals surface area contributed by atoms with Crippen molar-refractivity contribution in [3.63, 3.8) is 0 Å². The average molecular weight is 273 g/mol. The maximum absolute atomic E-state index is 11.9. The Hall–Kier alpha value is -0.710. The molecule has 1 fully saturated rings. The smallest absolute Gasteiger partial charge is 0.313 e. The molecule has 5 heteroatoms. The summed E-state index contributed by atoms with van der Waals surface area (Å²) in [7, 11) is 0. The van der Waals surface area contributed by atoms with E-state index in [-0.39, 0.29) is 17.4 Å². The number of likely N-dealkylation sites (tertiary alicyclic amines) is 1. The number of hydrogen-bond donors (Lipinski definition) is 1. The molecule has 4 nitrogen and oxygen atoms in total. The molecular weight excluding hydrogens is 250 g/mol. The molecule has 0 aromatic rings. The predicted octanol–water partition coefficient (Wildman–Crippen LogP) is 2.23. The lowest BCUT2D eigenvalue weighted by molar-refractivity contribution is -0.133. The van der Waals surface area contributed by atoms with Crippen LogP contribution in [0.2, 0.25) is 0 Å².